The molecule has 0 N–H and O–H groups in total. The predicted octanol–water partition coefficient (Wildman–Crippen LogP) is 2.46. The largest absolute Gasteiger partial charge is 0.574 e. The van der Waals surface area contributed by atoms with Gasteiger partial charge in [-0.05, 0) is 15.9 Å². The molecule has 0 spiro atoms. The van der Waals surface area contributed by atoms with Crippen molar-refractivity contribution in [2.24, 2.45) is 0 Å². The lowest BCUT2D eigenvalue weighted by molar-refractivity contribution is -0.386. The Hall–Kier alpha value is -1.71. The van der Waals surface area contributed by atoms with Crippen molar-refractivity contribution in [3.8, 4) is 5.88 Å². The maximum atomic E-state index is 11.9. The third-order valence-electron chi connectivity index (χ3n) is 1.46. The summed E-state index contributed by atoms with van der Waals surface area (Å²) in [6.45, 7) is 0. The summed E-state index contributed by atoms with van der Waals surface area (Å²) in [7, 11) is 0. The Balaban J connectivity index is 3.27. The highest BCUT2D eigenvalue weighted by Gasteiger charge is 2.33. The van der Waals surface area contributed by atoms with Gasteiger partial charge in [-0.1, -0.05) is 0 Å². The molecule has 92 valence electrons. The van der Waals surface area contributed by atoms with E-state index in [1.165, 1.54) is 0 Å². The molecular weight excluding hydrogens is 313 g/mol. The molecule has 0 saturated carbocycles. The van der Waals surface area contributed by atoms with Gasteiger partial charge in [-0.2, -0.15) is 0 Å². The van der Waals surface area contributed by atoms with Crippen molar-refractivity contribution in [2.75, 3.05) is 0 Å². The average Bonchev–Trinajstić information content (AvgIpc) is 2.12. The van der Waals surface area contributed by atoms with Crippen LogP contribution in [0.15, 0.2) is 10.5 Å². The molecule has 1 aromatic heterocycles. The Labute approximate surface area is 99.7 Å². The minimum atomic E-state index is -5.00. The predicted molar refractivity (Wildman–Crippen MR) is 50.7 cm³/mol. The van der Waals surface area contributed by atoms with Crippen LogP contribution in [-0.4, -0.2) is 22.6 Å². The number of rotatable bonds is 3. The normalized spacial score (nSPS) is 11.1. The van der Waals surface area contributed by atoms with Crippen molar-refractivity contribution < 1.29 is 27.6 Å². The zero-order valence-corrected chi connectivity index (χ0v) is 9.28. The standard InChI is InChI=1S/C7H2BrF3N2O4/c8-3-1-5(17-7(9,10)11)12-4(2-14)6(3)13(15)16/h1-2H. The van der Waals surface area contributed by atoms with E-state index >= 15 is 0 Å². The molecule has 0 aromatic carbocycles. The maximum Gasteiger partial charge on any atom is 0.574 e. The van der Waals surface area contributed by atoms with Crippen LogP contribution in [0.25, 0.3) is 0 Å². The number of hydrogen-bond donors (Lipinski definition) is 0. The van der Waals surface area contributed by atoms with Crippen molar-refractivity contribution in [1.82, 2.24) is 4.98 Å². The van der Waals surface area contributed by atoms with Crippen LogP contribution < -0.4 is 4.74 Å². The number of pyridine rings is 1. The average molecular weight is 315 g/mol. The zero-order chi connectivity index (χ0) is 13.2. The number of halogens is 4. The van der Waals surface area contributed by atoms with E-state index in [1.54, 1.807) is 0 Å². The fourth-order valence-electron chi connectivity index (χ4n) is 0.937. The summed E-state index contributed by atoms with van der Waals surface area (Å²) in [5.41, 5.74) is -1.49. The quantitative estimate of drug-likeness (QED) is 0.486. The molecule has 1 heterocycles. The molecule has 0 radical (unpaired) electrons. The van der Waals surface area contributed by atoms with Gasteiger partial charge in [0.05, 0.1) is 4.92 Å². The minimum Gasteiger partial charge on any atom is -0.388 e. The summed E-state index contributed by atoms with van der Waals surface area (Å²) in [5.74, 6) is -0.961. The van der Waals surface area contributed by atoms with Gasteiger partial charge < -0.3 is 4.74 Å². The lowest BCUT2D eigenvalue weighted by atomic mass is 10.3. The van der Waals surface area contributed by atoms with Gasteiger partial charge >= 0.3 is 12.0 Å². The summed E-state index contributed by atoms with van der Waals surface area (Å²) < 4.78 is 38.7. The fraction of sp³-hybridized carbons (Fsp3) is 0.143. The Morgan fingerprint density at radius 3 is 2.53 bits per heavy atom. The van der Waals surface area contributed by atoms with E-state index in [2.05, 4.69) is 25.7 Å². The second-order valence-electron chi connectivity index (χ2n) is 2.60. The van der Waals surface area contributed by atoms with Crippen LogP contribution in [0.5, 0.6) is 5.88 Å². The number of nitrogens with zero attached hydrogens (tertiary/aromatic N) is 2. The fourth-order valence-corrected chi connectivity index (χ4v) is 1.48. The van der Waals surface area contributed by atoms with Crippen molar-refractivity contribution in [3.05, 3.63) is 26.3 Å². The molecule has 17 heavy (non-hydrogen) atoms. The number of aromatic nitrogens is 1. The minimum absolute atomic E-state index is 0.0356. The van der Waals surface area contributed by atoms with E-state index in [0.717, 1.165) is 0 Å². The number of nitro groups is 1. The number of carbonyl (C=O) groups is 1. The molecular formula is C7H2BrF3N2O4. The van der Waals surface area contributed by atoms with Gasteiger partial charge in [-0.25, -0.2) is 4.98 Å². The van der Waals surface area contributed by atoms with Gasteiger partial charge in [0.25, 0.3) is 0 Å². The highest BCUT2D eigenvalue weighted by atomic mass is 79.9. The lowest BCUT2D eigenvalue weighted by Crippen LogP contribution is -2.18. The first-order valence-electron chi connectivity index (χ1n) is 3.80. The van der Waals surface area contributed by atoms with Crippen LogP contribution in [-0.2, 0) is 0 Å². The summed E-state index contributed by atoms with van der Waals surface area (Å²) in [5, 5.41) is 10.5. The Morgan fingerprint density at radius 1 is 1.53 bits per heavy atom. The summed E-state index contributed by atoms with van der Waals surface area (Å²) in [6, 6.07) is 0.651. The van der Waals surface area contributed by atoms with Crippen molar-refractivity contribution in [3.63, 3.8) is 0 Å². The Kier molecular flexibility index (Phi) is 3.66. The van der Waals surface area contributed by atoms with Gasteiger partial charge in [0.1, 0.15) is 4.47 Å². The molecule has 0 bridgehead atoms. The Morgan fingerprint density at radius 2 is 2.12 bits per heavy atom. The molecule has 0 saturated heterocycles. The first kappa shape index (κ1) is 13.4. The van der Waals surface area contributed by atoms with Gasteiger partial charge in [0.2, 0.25) is 5.88 Å². The van der Waals surface area contributed by atoms with Crippen LogP contribution in [0, 0.1) is 10.1 Å². The van der Waals surface area contributed by atoms with Crippen LogP contribution in [0.2, 0.25) is 0 Å². The van der Waals surface area contributed by atoms with E-state index in [9.17, 15) is 28.1 Å². The second kappa shape index (κ2) is 4.65. The highest BCUT2D eigenvalue weighted by Crippen LogP contribution is 2.32. The van der Waals surface area contributed by atoms with E-state index in [1.807, 2.05) is 0 Å². The first-order valence-corrected chi connectivity index (χ1v) is 4.59. The molecule has 0 atom stereocenters. The highest BCUT2D eigenvalue weighted by molar-refractivity contribution is 9.10. The van der Waals surface area contributed by atoms with Crippen molar-refractivity contribution in [2.45, 2.75) is 6.36 Å². The van der Waals surface area contributed by atoms with Crippen LogP contribution in [0.1, 0.15) is 10.5 Å². The number of alkyl halides is 3. The first-order chi connectivity index (χ1) is 7.74. The maximum absolute atomic E-state index is 11.9. The lowest BCUT2D eigenvalue weighted by Gasteiger charge is -2.08. The molecule has 6 nitrogen and oxygen atoms in total. The molecule has 0 aliphatic rings. The molecule has 1 rings (SSSR count). The van der Waals surface area contributed by atoms with E-state index < -0.39 is 28.5 Å². The number of aldehydes is 1. The van der Waals surface area contributed by atoms with Crippen LogP contribution >= 0.6 is 15.9 Å². The van der Waals surface area contributed by atoms with Gasteiger partial charge in [-0.3, -0.25) is 14.9 Å². The third kappa shape index (κ3) is 3.37. The Bertz CT molecular complexity index is 477. The van der Waals surface area contributed by atoms with Gasteiger partial charge in [0, 0.05) is 6.07 Å². The summed E-state index contributed by atoms with van der Waals surface area (Å²) in [6.07, 6.45) is -5.03. The van der Waals surface area contributed by atoms with E-state index in [0.29, 0.717) is 6.07 Å². The zero-order valence-electron chi connectivity index (χ0n) is 7.69. The van der Waals surface area contributed by atoms with Gasteiger partial charge in [-0.15, -0.1) is 13.2 Å². The molecule has 0 fully saturated rings. The summed E-state index contributed by atoms with van der Waals surface area (Å²) >= 11 is 2.66. The van der Waals surface area contributed by atoms with Crippen LogP contribution in [0.4, 0.5) is 18.9 Å². The number of ether oxygens (including phenoxy) is 1. The monoisotopic (exact) mass is 314 g/mol. The molecule has 0 aliphatic carbocycles. The van der Waals surface area contributed by atoms with Crippen molar-refractivity contribution in [1.29, 1.82) is 0 Å². The van der Waals surface area contributed by atoms with Gasteiger partial charge in [0.15, 0.2) is 12.0 Å². The third-order valence-corrected chi connectivity index (χ3v) is 2.07. The number of carbonyl (C=O) groups excluding carboxylic acids is 1. The smallest absolute Gasteiger partial charge is 0.388 e. The summed E-state index contributed by atoms with van der Waals surface area (Å²) in [4.78, 5) is 23.1. The topological polar surface area (TPSA) is 82.3 Å². The molecule has 10 heteroatoms. The van der Waals surface area contributed by atoms with E-state index in [-0.39, 0.29) is 10.8 Å². The molecule has 0 unspecified atom stereocenters. The molecule has 0 aliphatic heterocycles. The second-order valence-corrected chi connectivity index (χ2v) is 3.45. The van der Waals surface area contributed by atoms with Crippen molar-refractivity contribution >= 4 is 27.9 Å². The molecule has 0 amide bonds. The van der Waals surface area contributed by atoms with E-state index in [4.69, 9.17) is 0 Å². The van der Waals surface area contributed by atoms with Crippen LogP contribution in [0.3, 0.4) is 0 Å². The SMILES string of the molecule is O=Cc1nc(OC(F)(F)F)cc(Br)c1[N+](=O)[O-]. The molecule has 1 aromatic rings. The number of hydrogen-bond acceptors (Lipinski definition) is 5.